The second-order valence-electron chi connectivity index (χ2n) is 2.49. The first-order valence-corrected chi connectivity index (χ1v) is 5.54. The molecule has 0 fully saturated rings. The van der Waals surface area contributed by atoms with Gasteiger partial charge in [-0.2, -0.15) is 5.26 Å². The first-order chi connectivity index (χ1) is 6.24. The fourth-order valence-electron chi connectivity index (χ4n) is 1.15. The van der Waals surface area contributed by atoms with Gasteiger partial charge in [0.2, 0.25) is 0 Å². The zero-order valence-corrected chi connectivity index (χ0v) is 9.50. The molecule has 0 amide bonds. The van der Waals surface area contributed by atoms with Crippen LogP contribution in [0.4, 0.5) is 0 Å². The van der Waals surface area contributed by atoms with E-state index in [4.69, 9.17) is 16.9 Å². The second kappa shape index (κ2) is 3.30. The van der Waals surface area contributed by atoms with Crippen molar-refractivity contribution in [3.8, 4) is 6.07 Å². The Balaban J connectivity index is 2.95. The van der Waals surface area contributed by atoms with Gasteiger partial charge in [-0.1, -0.05) is 17.7 Å². The zero-order chi connectivity index (χ0) is 9.42. The van der Waals surface area contributed by atoms with Gasteiger partial charge in [-0.25, -0.2) is 0 Å². The van der Waals surface area contributed by atoms with E-state index in [2.05, 4.69) is 22.0 Å². The summed E-state index contributed by atoms with van der Waals surface area (Å²) in [6.45, 7) is 0. The van der Waals surface area contributed by atoms with Crippen molar-refractivity contribution in [2.45, 2.75) is 0 Å². The van der Waals surface area contributed by atoms with Gasteiger partial charge in [0, 0.05) is 15.2 Å². The van der Waals surface area contributed by atoms with Gasteiger partial charge in [0.25, 0.3) is 0 Å². The molecule has 0 unspecified atom stereocenters. The molecule has 0 aliphatic rings. The lowest BCUT2D eigenvalue weighted by Crippen LogP contribution is -1.76. The summed E-state index contributed by atoms with van der Waals surface area (Å²) in [6, 6.07) is 5.92. The highest BCUT2D eigenvalue weighted by atomic mass is 79.9. The summed E-state index contributed by atoms with van der Waals surface area (Å²) in [7, 11) is 0. The highest BCUT2D eigenvalue weighted by molar-refractivity contribution is 9.10. The van der Waals surface area contributed by atoms with E-state index in [-0.39, 0.29) is 0 Å². The Morgan fingerprint density at radius 2 is 2.23 bits per heavy atom. The van der Waals surface area contributed by atoms with E-state index in [0.29, 0.717) is 10.6 Å². The van der Waals surface area contributed by atoms with Crippen LogP contribution in [-0.4, -0.2) is 0 Å². The van der Waals surface area contributed by atoms with Crippen LogP contribution in [0.15, 0.2) is 22.0 Å². The molecule has 1 aromatic heterocycles. The second-order valence-corrected chi connectivity index (χ2v) is 4.64. The van der Waals surface area contributed by atoms with E-state index in [1.165, 1.54) is 11.3 Å². The first-order valence-electron chi connectivity index (χ1n) is 3.49. The zero-order valence-electron chi connectivity index (χ0n) is 6.34. The van der Waals surface area contributed by atoms with Crippen LogP contribution in [0.25, 0.3) is 10.1 Å². The molecule has 1 heterocycles. The third-order valence-electron chi connectivity index (χ3n) is 1.76. The Morgan fingerprint density at radius 1 is 1.46 bits per heavy atom. The largest absolute Gasteiger partial charge is 0.192 e. The Labute approximate surface area is 92.7 Å². The molecule has 0 saturated carbocycles. The minimum atomic E-state index is 0.661. The lowest BCUT2D eigenvalue weighted by molar-refractivity contribution is 1.50. The monoisotopic (exact) mass is 271 g/mol. The third-order valence-corrected chi connectivity index (χ3v) is 3.87. The van der Waals surface area contributed by atoms with Crippen molar-refractivity contribution < 1.29 is 0 Å². The number of nitriles is 1. The van der Waals surface area contributed by atoms with Crippen LogP contribution >= 0.6 is 38.9 Å². The molecule has 4 heteroatoms. The molecule has 0 atom stereocenters. The maximum absolute atomic E-state index is 8.91. The third kappa shape index (κ3) is 1.35. The van der Waals surface area contributed by atoms with Crippen molar-refractivity contribution in [1.29, 1.82) is 5.26 Å². The molecule has 0 N–H and O–H groups in total. The van der Waals surface area contributed by atoms with Gasteiger partial charge in [0.1, 0.15) is 6.07 Å². The lowest BCUT2D eigenvalue weighted by Gasteiger charge is -1.96. The Morgan fingerprint density at radius 3 is 2.92 bits per heavy atom. The average molecular weight is 273 g/mol. The predicted molar refractivity (Wildman–Crippen MR) is 59.3 cm³/mol. The van der Waals surface area contributed by atoms with Gasteiger partial charge >= 0.3 is 0 Å². The number of halogens is 2. The van der Waals surface area contributed by atoms with Crippen LogP contribution in [0.2, 0.25) is 5.02 Å². The molecule has 0 saturated heterocycles. The van der Waals surface area contributed by atoms with Gasteiger partial charge < -0.3 is 0 Å². The molecular weight excluding hydrogens is 270 g/mol. The van der Waals surface area contributed by atoms with E-state index in [1.807, 2.05) is 17.5 Å². The number of thiophene rings is 1. The van der Waals surface area contributed by atoms with Gasteiger partial charge in [-0.05, 0) is 22.0 Å². The van der Waals surface area contributed by atoms with Crippen LogP contribution in [0, 0.1) is 11.3 Å². The van der Waals surface area contributed by atoms with Crippen molar-refractivity contribution in [3.05, 3.63) is 32.6 Å². The Kier molecular flexibility index (Phi) is 2.29. The quantitative estimate of drug-likeness (QED) is 0.705. The van der Waals surface area contributed by atoms with Gasteiger partial charge in [-0.15, -0.1) is 11.3 Å². The number of nitrogens with zero attached hydrogens (tertiary/aromatic N) is 1. The molecule has 1 nitrogen and oxygen atoms in total. The van der Waals surface area contributed by atoms with Gasteiger partial charge in [0.05, 0.1) is 15.3 Å². The van der Waals surface area contributed by atoms with Crippen LogP contribution in [0.3, 0.4) is 0 Å². The number of hydrogen-bond donors (Lipinski definition) is 0. The normalized spacial score (nSPS) is 10.2. The maximum atomic E-state index is 8.91. The predicted octanol–water partition coefficient (Wildman–Crippen LogP) is 4.19. The minimum absolute atomic E-state index is 0.661. The molecule has 0 radical (unpaired) electrons. The summed E-state index contributed by atoms with van der Waals surface area (Å²) in [4.78, 5) is 0. The minimum Gasteiger partial charge on any atom is -0.192 e. The summed E-state index contributed by atoms with van der Waals surface area (Å²) in [5, 5.41) is 12.4. The molecule has 2 rings (SSSR count). The van der Waals surface area contributed by atoms with Crippen LogP contribution in [0.1, 0.15) is 5.56 Å². The smallest absolute Gasteiger partial charge is 0.102 e. The average Bonchev–Trinajstić information content (AvgIpc) is 2.48. The number of rotatable bonds is 0. The number of hydrogen-bond acceptors (Lipinski definition) is 2. The van der Waals surface area contributed by atoms with E-state index in [1.54, 1.807) is 0 Å². The van der Waals surface area contributed by atoms with E-state index in [0.717, 1.165) is 14.6 Å². The maximum Gasteiger partial charge on any atom is 0.102 e. The summed E-state index contributed by atoms with van der Waals surface area (Å²) in [5.74, 6) is 0. The van der Waals surface area contributed by atoms with E-state index >= 15 is 0 Å². The highest BCUT2D eigenvalue weighted by Crippen LogP contribution is 2.35. The van der Waals surface area contributed by atoms with Crippen molar-refractivity contribution in [3.63, 3.8) is 0 Å². The molecular formula is C9H3BrClNS. The lowest BCUT2D eigenvalue weighted by atomic mass is 10.2. The molecule has 13 heavy (non-hydrogen) atoms. The van der Waals surface area contributed by atoms with Crippen molar-refractivity contribution in [1.82, 2.24) is 0 Å². The van der Waals surface area contributed by atoms with Crippen LogP contribution in [0.5, 0.6) is 0 Å². The van der Waals surface area contributed by atoms with Crippen molar-refractivity contribution in [2.24, 2.45) is 0 Å². The fourth-order valence-corrected chi connectivity index (χ4v) is 2.97. The van der Waals surface area contributed by atoms with Crippen molar-refractivity contribution in [2.75, 3.05) is 0 Å². The SMILES string of the molecule is N#Cc1c(Br)ccc2c(Cl)csc12. The van der Waals surface area contributed by atoms with E-state index < -0.39 is 0 Å². The summed E-state index contributed by atoms with van der Waals surface area (Å²) < 4.78 is 1.77. The van der Waals surface area contributed by atoms with Gasteiger partial charge in [-0.3, -0.25) is 0 Å². The summed E-state index contributed by atoms with van der Waals surface area (Å²) >= 11 is 10.8. The molecule has 0 aliphatic heterocycles. The number of benzene rings is 1. The molecule has 0 aliphatic carbocycles. The van der Waals surface area contributed by atoms with Crippen molar-refractivity contribution >= 4 is 49.0 Å². The molecule has 0 spiro atoms. The Bertz CT molecular complexity index is 512. The Hall–Kier alpha value is -0.560. The standard InChI is InChI=1S/C9H3BrClNS/c10-7-2-1-5-8(11)4-13-9(5)6(7)3-12/h1-2,4H. The first kappa shape index (κ1) is 9.01. The topological polar surface area (TPSA) is 23.8 Å². The molecule has 0 bridgehead atoms. The number of fused-ring (bicyclic) bond motifs is 1. The van der Waals surface area contributed by atoms with Crippen LogP contribution < -0.4 is 0 Å². The van der Waals surface area contributed by atoms with E-state index in [9.17, 15) is 0 Å². The van der Waals surface area contributed by atoms with Crippen LogP contribution in [-0.2, 0) is 0 Å². The summed E-state index contributed by atoms with van der Waals surface area (Å²) in [6.07, 6.45) is 0. The molecule has 2 aromatic rings. The molecule has 64 valence electrons. The fraction of sp³-hybridized carbons (Fsp3) is 0. The molecule has 1 aromatic carbocycles. The highest BCUT2D eigenvalue weighted by Gasteiger charge is 2.09. The summed E-state index contributed by atoms with van der Waals surface area (Å²) in [5.41, 5.74) is 0.661. The van der Waals surface area contributed by atoms with Gasteiger partial charge in [0.15, 0.2) is 0 Å².